The van der Waals surface area contributed by atoms with E-state index in [2.05, 4.69) is 4.98 Å². The summed E-state index contributed by atoms with van der Waals surface area (Å²) in [5.41, 5.74) is 1.96. The molecule has 0 radical (unpaired) electrons. The van der Waals surface area contributed by atoms with Gasteiger partial charge in [-0.15, -0.1) is 0 Å². The fraction of sp³-hybridized carbons (Fsp3) is 0.250. The molecule has 1 heterocycles. The third-order valence-corrected chi connectivity index (χ3v) is 6.40. The summed E-state index contributed by atoms with van der Waals surface area (Å²) in [7, 11) is -2.09. The van der Waals surface area contributed by atoms with Gasteiger partial charge < -0.3 is 0 Å². The molecule has 2 aromatic rings. The van der Waals surface area contributed by atoms with E-state index in [1.807, 2.05) is 19.1 Å². The lowest BCUT2D eigenvalue weighted by Gasteiger charge is -2.20. The van der Waals surface area contributed by atoms with Crippen LogP contribution in [0.3, 0.4) is 0 Å². The van der Waals surface area contributed by atoms with Gasteiger partial charge in [0, 0.05) is 7.05 Å². The molecule has 0 bridgehead atoms. The Morgan fingerprint density at radius 2 is 1.89 bits per heavy atom. The second kappa shape index (κ2) is 5.11. The highest BCUT2D eigenvalue weighted by atomic mass is 35.5. The number of rotatable bonds is 3. The first-order chi connectivity index (χ1) is 8.84. The summed E-state index contributed by atoms with van der Waals surface area (Å²) in [5.74, 6) is 0. The molecule has 19 heavy (non-hydrogen) atoms. The Morgan fingerprint density at radius 1 is 1.26 bits per heavy atom. The number of sulfonamides is 1. The molecule has 0 amide bonds. The summed E-state index contributed by atoms with van der Waals surface area (Å²) in [6.07, 6.45) is 0. The van der Waals surface area contributed by atoms with Crippen molar-refractivity contribution in [1.82, 2.24) is 4.98 Å². The maximum absolute atomic E-state index is 12.6. The van der Waals surface area contributed by atoms with Gasteiger partial charge in [0.25, 0.3) is 10.0 Å². The molecule has 1 aromatic carbocycles. The van der Waals surface area contributed by atoms with Gasteiger partial charge in [-0.05, 0) is 25.5 Å². The molecule has 102 valence electrons. The van der Waals surface area contributed by atoms with Crippen molar-refractivity contribution < 1.29 is 8.42 Å². The van der Waals surface area contributed by atoms with Crippen LogP contribution in [0.2, 0.25) is 4.47 Å². The largest absolute Gasteiger partial charge is 0.275 e. The average molecular weight is 317 g/mol. The fourth-order valence-electron chi connectivity index (χ4n) is 1.76. The Bertz CT molecular complexity index is 710. The minimum absolute atomic E-state index is 0.184. The van der Waals surface area contributed by atoms with Crippen LogP contribution in [0, 0.1) is 13.8 Å². The zero-order valence-electron chi connectivity index (χ0n) is 10.7. The highest BCUT2D eigenvalue weighted by Gasteiger charge is 2.27. The number of hydrogen-bond acceptors (Lipinski definition) is 4. The van der Waals surface area contributed by atoms with Crippen molar-refractivity contribution in [3.63, 3.8) is 0 Å². The molecule has 2 rings (SSSR count). The number of para-hydroxylation sites is 1. The zero-order chi connectivity index (χ0) is 14.2. The lowest BCUT2D eigenvalue weighted by atomic mass is 10.2. The molecule has 0 aliphatic heterocycles. The third-order valence-electron chi connectivity index (χ3n) is 2.78. The molecule has 0 spiro atoms. The van der Waals surface area contributed by atoms with Gasteiger partial charge in [0.05, 0.1) is 11.4 Å². The Labute approximate surface area is 121 Å². The smallest absolute Gasteiger partial charge is 0.268 e. The van der Waals surface area contributed by atoms with Gasteiger partial charge in [0.1, 0.15) is 0 Å². The number of hydrogen-bond donors (Lipinski definition) is 0. The molecule has 0 aliphatic carbocycles. The van der Waals surface area contributed by atoms with Gasteiger partial charge in [0.15, 0.2) is 8.68 Å². The first-order valence-electron chi connectivity index (χ1n) is 5.51. The molecule has 0 saturated carbocycles. The molecule has 0 saturated heterocycles. The van der Waals surface area contributed by atoms with Crippen LogP contribution in [-0.2, 0) is 10.0 Å². The summed E-state index contributed by atoms with van der Waals surface area (Å²) >= 11 is 6.75. The first kappa shape index (κ1) is 14.3. The molecule has 0 N–H and O–H groups in total. The van der Waals surface area contributed by atoms with E-state index in [4.69, 9.17) is 11.6 Å². The van der Waals surface area contributed by atoms with E-state index >= 15 is 0 Å². The predicted molar refractivity (Wildman–Crippen MR) is 78.6 cm³/mol. The SMILES string of the molecule is Cc1ccccc1N(C)S(=O)(=O)c1sc(Cl)nc1C. The number of thiazole rings is 1. The maximum atomic E-state index is 12.6. The van der Waals surface area contributed by atoms with E-state index in [0.29, 0.717) is 11.4 Å². The average Bonchev–Trinajstić information content (AvgIpc) is 2.69. The minimum atomic E-state index is -3.62. The van der Waals surface area contributed by atoms with Gasteiger partial charge in [0.2, 0.25) is 0 Å². The summed E-state index contributed by atoms with van der Waals surface area (Å²) < 4.78 is 26.8. The van der Waals surface area contributed by atoms with E-state index < -0.39 is 10.0 Å². The van der Waals surface area contributed by atoms with Gasteiger partial charge >= 0.3 is 0 Å². The zero-order valence-corrected chi connectivity index (χ0v) is 13.1. The normalized spacial score (nSPS) is 11.6. The maximum Gasteiger partial charge on any atom is 0.275 e. The first-order valence-corrected chi connectivity index (χ1v) is 8.15. The van der Waals surface area contributed by atoms with Crippen LogP contribution in [0.25, 0.3) is 0 Å². The Hall–Kier alpha value is -1.11. The van der Waals surface area contributed by atoms with E-state index in [1.54, 1.807) is 19.1 Å². The van der Waals surface area contributed by atoms with Crippen molar-refractivity contribution in [3.05, 3.63) is 40.0 Å². The minimum Gasteiger partial charge on any atom is -0.268 e. The summed E-state index contributed by atoms with van der Waals surface area (Å²) in [6, 6.07) is 7.31. The van der Waals surface area contributed by atoms with Crippen LogP contribution in [-0.4, -0.2) is 20.4 Å². The molecule has 0 fully saturated rings. The van der Waals surface area contributed by atoms with Crippen molar-refractivity contribution in [2.24, 2.45) is 0 Å². The van der Waals surface area contributed by atoms with E-state index in [1.165, 1.54) is 11.4 Å². The standard InChI is InChI=1S/C12H13ClN2O2S2/c1-8-6-4-5-7-10(8)15(3)19(16,17)11-9(2)14-12(13)18-11/h4-7H,1-3H3. The summed E-state index contributed by atoms with van der Waals surface area (Å²) in [4.78, 5) is 3.95. The van der Waals surface area contributed by atoms with Gasteiger partial charge in [-0.1, -0.05) is 41.1 Å². The van der Waals surface area contributed by atoms with Crippen molar-refractivity contribution in [3.8, 4) is 0 Å². The van der Waals surface area contributed by atoms with Gasteiger partial charge in [-0.3, -0.25) is 4.31 Å². The van der Waals surface area contributed by atoms with Crippen molar-refractivity contribution in [1.29, 1.82) is 0 Å². The molecule has 4 nitrogen and oxygen atoms in total. The van der Waals surface area contributed by atoms with Crippen LogP contribution < -0.4 is 4.31 Å². The Morgan fingerprint density at radius 3 is 2.42 bits per heavy atom. The molecule has 0 aliphatic rings. The lowest BCUT2D eigenvalue weighted by molar-refractivity contribution is 0.595. The number of anilines is 1. The van der Waals surface area contributed by atoms with Crippen LogP contribution in [0.4, 0.5) is 5.69 Å². The topological polar surface area (TPSA) is 50.3 Å². The van der Waals surface area contributed by atoms with Gasteiger partial charge in [-0.25, -0.2) is 13.4 Å². The quantitative estimate of drug-likeness (QED) is 0.873. The number of aromatic nitrogens is 1. The molecular formula is C12H13ClN2O2S2. The van der Waals surface area contributed by atoms with E-state index in [9.17, 15) is 8.42 Å². The van der Waals surface area contributed by atoms with Crippen molar-refractivity contribution in [2.75, 3.05) is 11.4 Å². The van der Waals surface area contributed by atoms with Crippen molar-refractivity contribution in [2.45, 2.75) is 18.1 Å². The molecule has 7 heteroatoms. The molecule has 0 atom stereocenters. The number of nitrogens with zero attached hydrogens (tertiary/aromatic N) is 2. The molecule has 1 aromatic heterocycles. The van der Waals surface area contributed by atoms with Gasteiger partial charge in [-0.2, -0.15) is 0 Å². The highest BCUT2D eigenvalue weighted by Crippen LogP contribution is 2.32. The number of benzene rings is 1. The second-order valence-corrected chi connectivity index (χ2v) is 7.84. The highest BCUT2D eigenvalue weighted by molar-refractivity contribution is 7.94. The molecular weight excluding hydrogens is 304 g/mol. The van der Waals surface area contributed by atoms with Crippen LogP contribution >= 0.6 is 22.9 Å². The molecule has 0 unspecified atom stereocenters. The lowest BCUT2D eigenvalue weighted by Crippen LogP contribution is -2.27. The Balaban J connectivity index is 2.52. The van der Waals surface area contributed by atoms with Crippen LogP contribution in [0.1, 0.15) is 11.3 Å². The second-order valence-electron chi connectivity index (χ2n) is 4.10. The number of halogens is 1. The van der Waals surface area contributed by atoms with Crippen LogP contribution in [0.5, 0.6) is 0 Å². The van der Waals surface area contributed by atoms with Crippen molar-refractivity contribution >= 4 is 38.6 Å². The van der Waals surface area contributed by atoms with E-state index in [0.717, 1.165) is 16.9 Å². The van der Waals surface area contributed by atoms with Crippen LogP contribution in [0.15, 0.2) is 28.5 Å². The monoisotopic (exact) mass is 316 g/mol. The van der Waals surface area contributed by atoms with E-state index in [-0.39, 0.29) is 8.68 Å². The number of aryl methyl sites for hydroxylation is 2. The summed E-state index contributed by atoms with van der Waals surface area (Å²) in [5, 5.41) is 0. The Kier molecular flexibility index (Phi) is 3.85. The third kappa shape index (κ3) is 2.61. The summed E-state index contributed by atoms with van der Waals surface area (Å²) in [6.45, 7) is 3.51. The fourth-order valence-corrected chi connectivity index (χ4v) is 4.91. The predicted octanol–water partition coefficient (Wildman–Crippen LogP) is 3.24.